The van der Waals surface area contributed by atoms with E-state index in [0.29, 0.717) is 24.7 Å². The van der Waals surface area contributed by atoms with Crippen LogP contribution in [0.5, 0.6) is 0 Å². The first-order valence-corrected chi connectivity index (χ1v) is 8.03. The second-order valence-electron chi connectivity index (χ2n) is 5.48. The van der Waals surface area contributed by atoms with Crippen molar-refractivity contribution in [3.63, 3.8) is 0 Å². The quantitative estimate of drug-likeness (QED) is 0.623. The number of aromatic nitrogens is 4. The Morgan fingerprint density at radius 2 is 2.00 bits per heavy atom. The summed E-state index contributed by atoms with van der Waals surface area (Å²) in [5.74, 6) is 2.97. The standard InChI is InChI=1S/C15H22N8O/c1-12-20-13(24-21-12)4-7-19-14(16-2)22-8-10-23(11-9-22)15-17-5-3-6-18-15/h3,5-6H,4,7-11H2,1-2H3,(H,16,19). The Morgan fingerprint density at radius 3 is 2.62 bits per heavy atom. The monoisotopic (exact) mass is 330 g/mol. The Hall–Kier alpha value is -2.71. The molecule has 1 fully saturated rings. The molecule has 1 aliphatic rings. The van der Waals surface area contributed by atoms with Crippen molar-refractivity contribution < 1.29 is 4.52 Å². The number of guanidine groups is 1. The molecule has 0 radical (unpaired) electrons. The van der Waals surface area contributed by atoms with Crippen molar-refractivity contribution in [1.29, 1.82) is 0 Å². The van der Waals surface area contributed by atoms with Gasteiger partial charge in [0.1, 0.15) is 0 Å². The van der Waals surface area contributed by atoms with Gasteiger partial charge in [0, 0.05) is 58.6 Å². The number of aryl methyl sites for hydroxylation is 1. The molecule has 0 amide bonds. The minimum atomic E-state index is 0.640. The van der Waals surface area contributed by atoms with Crippen molar-refractivity contribution in [2.75, 3.05) is 44.7 Å². The maximum Gasteiger partial charge on any atom is 0.228 e. The van der Waals surface area contributed by atoms with Gasteiger partial charge in [0.25, 0.3) is 0 Å². The van der Waals surface area contributed by atoms with Gasteiger partial charge in [-0.25, -0.2) is 9.97 Å². The minimum absolute atomic E-state index is 0.640. The molecule has 128 valence electrons. The van der Waals surface area contributed by atoms with Gasteiger partial charge in [-0.15, -0.1) is 0 Å². The lowest BCUT2D eigenvalue weighted by atomic mass is 10.3. The van der Waals surface area contributed by atoms with Crippen molar-refractivity contribution in [2.45, 2.75) is 13.3 Å². The molecule has 0 aromatic carbocycles. The van der Waals surface area contributed by atoms with Gasteiger partial charge in [0.15, 0.2) is 11.8 Å². The van der Waals surface area contributed by atoms with Crippen molar-refractivity contribution in [1.82, 2.24) is 30.3 Å². The van der Waals surface area contributed by atoms with Crippen LogP contribution in [-0.4, -0.2) is 70.7 Å². The van der Waals surface area contributed by atoms with Crippen LogP contribution >= 0.6 is 0 Å². The molecule has 24 heavy (non-hydrogen) atoms. The second kappa shape index (κ2) is 7.71. The van der Waals surface area contributed by atoms with E-state index >= 15 is 0 Å². The smallest absolute Gasteiger partial charge is 0.228 e. The number of hydrogen-bond donors (Lipinski definition) is 1. The van der Waals surface area contributed by atoms with Gasteiger partial charge < -0.3 is 19.6 Å². The van der Waals surface area contributed by atoms with E-state index in [4.69, 9.17) is 4.52 Å². The molecule has 0 unspecified atom stereocenters. The molecular weight excluding hydrogens is 308 g/mol. The maximum atomic E-state index is 5.11. The van der Waals surface area contributed by atoms with Crippen molar-refractivity contribution in [2.24, 2.45) is 4.99 Å². The summed E-state index contributed by atoms with van der Waals surface area (Å²) in [5, 5.41) is 7.14. The molecule has 2 aromatic heterocycles. The molecule has 9 nitrogen and oxygen atoms in total. The average Bonchev–Trinajstić information content (AvgIpc) is 3.05. The Kier molecular flexibility index (Phi) is 5.19. The zero-order valence-corrected chi connectivity index (χ0v) is 14.0. The summed E-state index contributed by atoms with van der Waals surface area (Å²) >= 11 is 0. The lowest BCUT2D eigenvalue weighted by Crippen LogP contribution is -2.53. The lowest BCUT2D eigenvalue weighted by molar-refractivity contribution is 0.362. The second-order valence-corrected chi connectivity index (χ2v) is 5.48. The lowest BCUT2D eigenvalue weighted by Gasteiger charge is -2.36. The number of hydrogen-bond acceptors (Lipinski definition) is 7. The van der Waals surface area contributed by atoms with Crippen molar-refractivity contribution in [3.05, 3.63) is 30.2 Å². The molecule has 0 saturated carbocycles. The largest absolute Gasteiger partial charge is 0.356 e. The van der Waals surface area contributed by atoms with E-state index in [9.17, 15) is 0 Å². The van der Waals surface area contributed by atoms with E-state index in [1.54, 1.807) is 19.4 Å². The van der Waals surface area contributed by atoms with Crippen LogP contribution in [-0.2, 0) is 6.42 Å². The molecule has 1 N–H and O–H groups in total. The molecule has 9 heteroatoms. The molecule has 0 spiro atoms. The summed E-state index contributed by atoms with van der Waals surface area (Å²) in [5.41, 5.74) is 0. The number of nitrogens with zero attached hydrogens (tertiary/aromatic N) is 7. The Balaban J connectivity index is 1.47. The highest BCUT2D eigenvalue weighted by Crippen LogP contribution is 2.09. The highest BCUT2D eigenvalue weighted by molar-refractivity contribution is 5.80. The van der Waals surface area contributed by atoms with Gasteiger partial charge in [-0.3, -0.25) is 4.99 Å². The van der Waals surface area contributed by atoms with Crippen LogP contribution in [0.4, 0.5) is 5.95 Å². The van der Waals surface area contributed by atoms with Crippen LogP contribution in [0.15, 0.2) is 28.0 Å². The van der Waals surface area contributed by atoms with Gasteiger partial charge in [-0.05, 0) is 13.0 Å². The Labute approximate surface area is 140 Å². The Morgan fingerprint density at radius 1 is 1.25 bits per heavy atom. The van der Waals surface area contributed by atoms with Gasteiger partial charge >= 0.3 is 0 Å². The molecule has 0 aliphatic carbocycles. The number of anilines is 1. The molecule has 2 aromatic rings. The molecule has 0 atom stereocenters. The molecular formula is C15H22N8O. The minimum Gasteiger partial charge on any atom is -0.356 e. The summed E-state index contributed by atoms with van der Waals surface area (Å²) in [6.07, 6.45) is 4.22. The predicted octanol–water partition coefficient (Wildman–Crippen LogP) is 0.108. The summed E-state index contributed by atoms with van der Waals surface area (Å²) in [6, 6.07) is 1.83. The van der Waals surface area contributed by atoms with Gasteiger partial charge in [0.05, 0.1) is 0 Å². The van der Waals surface area contributed by atoms with Crippen LogP contribution in [0.25, 0.3) is 0 Å². The fourth-order valence-corrected chi connectivity index (χ4v) is 2.63. The van der Waals surface area contributed by atoms with E-state index in [1.165, 1.54) is 0 Å². The van der Waals surface area contributed by atoms with Crippen LogP contribution in [0.2, 0.25) is 0 Å². The third-order valence-electron chi connectivity index (χ3n) is 3.82. The number of piperazine rings is 1. The zero-order valence-electron chi connectivity index (χ0n) is 14.0. The van der Waals surface area contributed by atoms with E-state index in [2.05, 4.69) is 40.2 Å². The number of nitrogens with one attached hydrogen (secondary N) is 1. The fraction of sp³-hybridized carbons (Fsp3) is 0.533. The fourth-order valence-electron chi connectivity index (χ4n) is 2.63. The van der Waals surface area contributed by atoms with E-state index in [0.717, 1.165) is 38.1 Å². The average molecular weight is 330 g/mol. The summed E-state index contributed by atoms with van der Waals surface area (Å²) in [6.45, 7) is 6.00. The van der Waals surface area contributed by atoms with Crippen LogP contribution in [0, 0.1) is 6.92 Å². The summed E-state index contributed by atoms with van der Waals surface area (Å²) in [7, 11) is 1.80. The normalized spacial score (nSPS) is 15.7. The summed E-state index contributed by atoms with van der Waals surface area (Å²) < 4.78 is 5.11. The van der Waals surface area contributed by atoms with Crippen LogP contribution in [0.1, 0.15) is 11.7 Å². The molecule has 3 heterocycles. The van der Waals surface area contributed by atoms with Crippen LogP contribution in [0.3, 0.4) is 0 Å². The molecule has 0 bridgehead atoms. The number of rotatable bonds is 4. The van der Waals surface area contributed by atoms with Crippen LogP contribution < -0.4 is 10.2 Å². The highest BCUT2D eigenvalue weighted by Gasteiger charge is 2.21. The molecule has 1 saturated heterocycles. The molecule has 1 aliphatic heterocycles. The third-order valence-corrected chi connectivity index (χ3v) is 3.82. The van der Waals surface area contributed by atoms with Gasteiger partial charge in [0.2, 0.25) is 11.8 Å². The topological polar surface area (TPSA) is 95.6 Å². The maximum absolute atomic E-state index is 5.11. The third kappa shape index (κ3) is 3.98. The van der Waals surface area contributed by atoms with Crippen molar-refractivity contribution >= 4 is 11.9 Å². The number of aliphatic imine (C=N–C) groups is 1. The van der Waals surface area contributed by atoms with E-state index in [-0.39, 0.29) is 0 Å². The first-order valence-electron chi connectivity index (χ1n) is 8.03. The summed E-state index contributed by atoms with van der Waals surface area (Å²) in [4.78, 5) is 21.6. The SMILES string of the molecule is CN=C(NCCc1nc(C)no1)N1CCN(c2ncccn2)CC1. The van der Waals surface area contributed by atoms with E-state index in [1.807, 2.05) is 13.0 Å². The predicted molar refractivity (Wildman–Crippen MR) is 89.9 cm³/mol. The first-order chi connectivity index (χ1) is 11.8. The Bertz CT molecular complexity index is 663. The first kappa shape index (κ1) is 16.2. The van der Waals surface area contributed by atoms with Crippen molar-refractivity contribution in [3.8, 4) is 0 Å². The van der Waals surface area contributed by atoms with Gasteiger partial charge in [-0.1, -0.05) is 5.16 Å². The molecule has 3 rings (SSSR count). The van der Waals surface area contributed by atoms with E-state index < -0.39 is 0 Å². The highest BCUT2D eigenvalue weighted by atomic mass is 16.5. The van der Waals surface area contributed by atoms with Gasteiger partial charge in [-0.2, -0.15) is 4.98 Å². The zero-order chi connectivity index (χ0) is 16.8.